The first kappa shape index (κ1) is 11.3. The molecular formula is C10H10BrN3OS. The number of thiophene rings is 1. The average Bonchev–Trinajstić information content (AvgIpc) is 2.86. The maximum atomic E-state index is 11.9. The van der Waals surface area contributed by atoms with Gasteiger partial charge in [0.1, 0.15) is 4.88 Å². The number of halogens is 1. The molecule has 1 unspecified atom stereocenters. The van der Waals surface area contributed by atoms with Gasteiger partial charge in [0.2, 0.25) is 0 Å². The molecule has 0 radical (unpaired) electrons. The van der Waals surface area contributed by atoms with Crippen LogP contribution in [-0.4, -0.2) is 16.1 Å². The molecule has 1 atom stereocenters. The smallest absolute Gasteiger partial charge is 0.262 e. The van der Waals surface area contributed by atoms with Crippen LogP contribution in [0.5, 0.6) is 0 Å². The summed E-state index contributed by atoms with van der Waals surface area (Å²) in [6, 6.07) is 1.81. The van der Waals surface area contributed by atoms with Crippen LogP contribution >= 0.6 is 27.3 Å². The quantitative estimate of drug-likeness (QED) is 0.915. The van der Waals surface area contributed by atoms with Gasteiger partial charge in [0, 0.05) is 16.2 Å². The molecule has 0 aromatic carbocycles. The summed E-state index contributed by atoms with van der Waals surface area (Å²) in [5.74, 6) is -0.0735. The van der Waals surface area contributed by atoms with Gasteiger partial charge < -0.3 is 5.32 Å². The van der Waals surface area contributed by atoms with Gasteiger partial charge in [0.05, 0.1) is 12.2 Å². The van der Waals surface area contributed by atoms with Crippen LogP contribution < -0.4 is 5.32 Å². The molecular weight excluding hydrogens is 290 g/mol. The van der Waals surface area contributed by atoms with E-state index in [0.29, 0.717) is 4.88 Å². The normalized spacial score (nSPS) is 12.4. The number of hydrogen-bond acceptors (Lipinski definition) is 3. The second-order valence-electron chi connectivity index (χ2n) is 3.32. The van der Waals surface area contributed by atoms with Crippen molar-refractivity contribution in [3.63, 3.8) is 0 Å². The lowest BCUT2D eigenvalue weighted by molar-refractivity contribution is 0.0943. The Labute approximate surface area is 105 Å². The van der Waals surface area contributed by atoms with Crippen LogP contribution in [0.25, 0.3) is 0 Å². The van der Waals surface area contributed by atoms with Gasteiger partial charge in [-0.1, -0.05) is 0 Å². The highest BCUT2D eigenvalue weighted by atomic mass is 79.9. The van der Waals surface area contributed by atoms with Crippen molar-refractivity contribution < 1.29 is 4.79 Å². The summed E-state index contributed by atoms with van der Waals surface area (Å²) >= 11 is 4.75. The summed E-state index contributed by atoms with van der Waals surface area (Å²) in [7, 11) is 0. The molecule has 16 heavy (non-hydrogen) atoms. The molecule has 0 bridgehead atoms. The summed E-state index contributed by atoms with van der Waals surface area (Å²) in [5.41, 5.74) is 0.959. The van der Waals surface area contributed by atoms with E-state index in [4.69, 9.17) is 0 Å². The van der Waals surface area contributed by atoms with E-state index in [-0.39, 0.29) is 11.9 Å². The van der Waals surface area contributed by atoms with E-state index in [9.17, 15) is 4.79 Å². The molecule has 0 saturated carbocycles. The third-order valence-corrected chi connectivity index (χ3v) is 4.03. The second-order valence-corrected chi connectivity index (χ2v) is 5.09. The van der Waals surface area contributed by atoms with Crippen LogP contribution in [0, 0.1) is 0 Å². The van der Waals surface area contributed by atoms with Crippen LogP contribution in [0.4, 0.5) is 0 Å². The minimum atomic E-state index is -0.0735. The monoisotopic (exact) mass is 299 g/mol. The van der Waals surface area contributed by atoms with Crippen molar-refractivity contribution in [2.75, 3.05) is 0 Å². The van der Waals surface area contributed by atoms with E-state index < -0.39 is 0 Å². The highest BCUT2D eigenvalue weighted by Crippen LogP contribution is 2.23. The maximum Gasteiger partial charge on any atom is 0.262 e. The van der Waals surface area contributed by atoms with Crippen LogP contribution in [0.3, 0.4) is 0 Å². The molecule has 2 N–H and O–H groups in total. The number of H-pyrrole nitrogens is 1. The van der Waals surface area contributed by atoms with Crippen LogP contribution in [-0.2, 0) is 0 Å². The molecule has 0 spiro atoms. The minimum absolute atomic E-state index is 0.0553. The van der Waals surface area contributed by atoms with Crippen LogP contribution in [0.2, 0.25) is 0 Å². The van der Waals surface area contributed by atoms with E-state index in [1.54, 1.807) is 12.4 Å². The number of carbonyl (C=O) groups is 1. The molecule has 84 valence electrons. The van der Waals surface area contributed by atoms with Crippen molar-refractivity contribution in [3.8, 4) is 0 Å². The molecule has 2 aromatic heterocycles. The first-order chi connectivity index (χ1) is 7.68. The maximum absolute atomic E-state index is 11.9. The van der Waals surface area contributed by atoms with Gasteiger partial charge in [0.25, 0.3) is 5.91 Å². The lowest BCUT2D eigenvalue weighted by Gasteiger charge is -2.11. The molecule has 0 saturated heterocycles. The van der Waals surface area contributed by atoms with Gasteiger partial charge in [-0.2, -0.15) is 5.10 Å². The van der Waals surface area contributed by atoms with Gasteiger partial charge in [-0.15, -0.1) is 11.3 Å². The summed E-state index contributed by atoms with van der Waals surface area (Å²) < 4.78 is 0.828. The predicted octanol–water partition coefficient (Wildman–Crippen LogP) is 2.72. The molecule has 2 rings (SSSR count). The molecule has 6 heteroatoms. The van der Waals surface area contributed by atoms with E-state index in [2.05, 4.69) is 31.4 Å². The number of carbonyl (C=O) groups excluding carboxylic acids is 1. The molecule has 1 amide bonds. The molecule has 0 aliphatic carbocycles. The Kier molecular flexibility index (Phi) is 3.40. The Hall–Kier alpha value is -1.14. The summed E-state index contributed by atoms with van der Waals surface area (Å²) in [6.07, 6.45) is 3.48. The fourth-order valence-corrected chi connectivity index (χ4v) is 2.75. The van der Waals surface area contributed by atoms with Crippen LogP contribution in [0.1, 0.15) is 28.2 Å². The number of nitrogens with zero attached hydrogens (tertiary/aromatic N) is 1. The predicted molar refractivity (Wildman–Crippen MR) is 66.5 cm³/mol. The molecule has 4 nitrogen and oxygen atoms in total. The Balaban J connectivity index is 2.06. The second kappa shape index (κ2) is 4.80. The molecule has 2 heterocycles. The van der Waals surface area contributed by atoms with Gasteiger partial charge >= 0.3 is 0 Å². The van der Waals surface area contributed by atoms with Crippen molar-refractivity contribution in [1.82, 2.24) is 15.5 Å². The van der Waals surface area contributed by atoms with E-state index in [1.165, 1.54) is 11.3 Å². The lowest BCUT2D eigenvalue weighted by Crippen LogP contribution is -2.25. The minimum Gasteiger partial charge on any atom is -0.345 e. The zero-order chi connectivity index (χ0) is 11.5. The summed E-state index contributed by atoms with van der Waals surface area (Å²) in [5, 5.41) is 11.4. The van der Waals surface area contributed by atoms with Crippen molar-refractivity contribution in [2.24, 2.45) is 0 Å². The first-order valence-electron chi connectivity index (χ1n) is 4.71. The van der Waals surface area contributed by atoms with E-state index in [1.807, 2.05) is 18.4 Å². The van der Waals surface area contributed by atoms with Crippen molar-refractivity contribution in [1.29, 1.82) is 0 Å². The number of aromatic amines is 1. The topological polar surface area (TPSA) is 57.8 Å². The zero-order valence-electron chi connectivity index (χ0n) is 8.53. The number of rotatable bonds is 3. The fraction of sp³-hybridized carbons (Fsp3) is 0.200. The van der Waals surface area contributed by atoms with Gasteiger partial charge in [-0.3, -0.25) is 9.89 Å². The van der Waals surface area contributed by atoms with Gasteiger partial charge in [-0.05, 0) is 34.3 Å². The van der Waals surface area contributed by atoms with Gasteiger partial charge in [0.15, 0.2) is 0 Å². The lowest BCUT2D eigenvalue weighted by atomic mass is 10.2. The first-order valence-corrected chi connectivity index (χ1v) is 6.38. The Morgan fingerprint density at radius 1 is 1.69 bits per heavy atom. The third-order valence-electron chi connectivity index (χ3n) is 2.19. The highest BCUT2D eigenvalue weighted by Gasteiger charge is 2.15. The average molecular weight is 300 g/mol. The van der Waals surface area contributed by atoms with Crippen molar-refractivity contribution >= 4 is 33.2 Å². The summed E-state index contributed by atoms with van der Waals surface area (Å²) in [6.45, 7) is 1.92. The van der Waals surface area contributed by atoms with E-state index in [0.717, 1.165) is 10.0 Å². The van der Waals surface area contributed by atoms with Crippen molar-refractivity contribution in [2.45, 2.75) is 13.0 Å². The van der Waals surface area contributed by atoms with E-state index >= 15 is 0 Å². The summed E-state index contributed by atoms with van der Waals surface area (Å²) in [4.78, 5) is 12.6. The van der Waals surface area contributed by atoms with Gasteiger partial charge in [-0.25, -0.2) is 0 Å². The SMILES string of the molecule is CC(NC(=O)c1sccc1Br)c1cn[nH]c1. The molecule has 0 fully saturated rings. The largest absolute Gasteiger partial charge is 0.345 e. The highest BCUT2D eigenvalue weighted by molar-refractivity contribution is 9.10. The Morgan fingerprint density at radius 2 is 2.50 bits per heavy atom. The molecule has 0 aliphatic heterocycles. The number of amides is 1. The number of hydrogen-bond donors (Lipinski definition) is 2. The standard InChI is InChI=1S/C10H10BrN3OS/c1-6(7-4-12-13-5-7)14-10(15)9-8(11)2-3-16-9/h2-6H,1H3,(H,12,13)(H,14,15). The number of nitrogens with one attached hydrogen (secondary N) is 2. The zero-order valence-corrected chi connectivity index (χ0v) is 10.9. The Morgan fingerprint density at radius 3 is 3.06 bits per heavy atom. The van der Waals surface area contributed by atoms with Crippen molar-refractivity contribution in [3.05, 3.63) is 38.8 Å². The molecule has 2 aromatic rings. The number of aromatic nitrogens is 2. The van der Waals surface area contributed by atoms with Crippen LogP contribution in [0.15, 0.2) is 28.3 Å². The fourth-order valence-electron chi connectivity index (χ4n) is 1.30. The third kappa shape index (κ3) is 2.33. The Bertz CT molecular complexity index is 480. The molecule has 0 aliphatic rings.